The third-order valence-electron chi connectivity index (χ3n) is 4.00. The SMILES string of the molecule is CC(CCC(=O)O)CNC(=O)CCC1CCCCC1. The van der Waals surface area contributed by atoms with Crippen molar-refractivity contribution in [1.29, 1.82) is 0 Å². The largest absolute Gasteiger partial charge is 0.481 e. The van der Waals surface area contributed by atoms with Crippen LogP contribution in [0.2, 0.25) is 0 Å². The molecule has 0 bridgehead atoms. The Labute approximate surface area is 116 Å². The molecule has 0 aromatic carbocycles. The molecule has 1 amide bonds. The van der Waals surface area contributed by atoms with Crippen molar-refractivity contribution in [3.05, 3.63) is 0 Å². The lowest BCUT2D eigenvalue weighted by atomic mass is 9.86. The summed E-state index contributed by atoms with van der Waals surface area (Å²) < 4.78 is 0. The van der Waals surface area contributed by atoms with E-state index in [1.54, 1.807) is 0 Å². The molecule has 19 heavy (non-hydrogen) atoms. The Morgan fingerprint density at radius 1 is 1.21 bits per heavy atom. The van der Waals surface area contributed by atoms with Crippen molar-refractivity contribution in [3.63, 3.8) is 0 Å². The van der Waals surface area contributed by atoms with Crippen LogP contribution in [-0.4, -0.2) is 23.5 Å². The average molecular weight is 269 g/mol. The van der Waals surface area contributed by atoms with Gasteiger partial charge in [-0.05, 0) is 24.7 Å². The van der Waals surface area contributed by atoms with Crippen LogP contribution in [0.25, 0.3) is 0 Å². The Hall–Kier alpha value is -1.06. The highest BCUT2D eigenvalue weighted by Gasteiger charge is 2.15. The van der Waals surface area contributed by atoms with Gasteiger partial charge in [-0.25, -0.2) is 0 Å². The van der Waals surface area contributed by atoms with E-state index in [9.17, 15) is 9.59 Å². The van der Waals surface area contributed by atoms with E-state index in [-0.39, 0.29) is 18.2 Å². The highest BCUT2D eigenvalue weighted by Crippen LogP contribution is 2.27. The van der Waals surface area contributed by atoms with Gasteiger partial charge in [-0.3, -0.25) is 9.59 Å². The van der Waals surface area contributed by atoms with Gasteiger partial charge in [0.15, 0.2) is 0 Å². The van der Waals surface area contributed by atoms with Crippen LogP contribution in [0.15, 0.2) is 0 Å². The molecule has 4 heteroatoms. The van der Waals surface area contributed by atoms with Crippen LogP contribution in [0.4, 0.5) is 0 Å². The number of amides is 1. The zero-order valence-corrected chi connectivity index (χ0v) is 12.0. The minimum atomic E-state index is -0.768. The molecule has 1 fully saturated rings. The second kappa shape index (κ2) is 8.94. The summed E-state index contributed by atoms with van der Waals surface area (Å²) in [7, 11) is 0. The van der Waals surface area contributed by atoms with Crippen molar-refractivity contribution in [2.75, 3.05) is 6.54 Å². The van der Waals surface area contributed by atoms with E-state index in [4.69, 9.17) is 5.11 Å². The van der Waals surface area contributed by atoms with E-state index < -0.39 is 5.97 Å². The Kier molecular flexibility index (Phi) is 7.53. The molecule has 0 heterocycles. The molecule has 0 spiro atoms. The number of nitrogens with one attached hydrogen (secondary N) is 1. The lowest BCUT2D eigenvalue weighted by Gasteiger charge is -2.21. The molecule has 1 unspecified atom stereocenters. The van der Waals surface area contributed by atoms with E-state index in [0.29, 0.717) is 19.4 Å². The highest BCUT2D eigenvalue weighted by atomic mass is 16.4. The molecule has 1 aliphatic rings. The van der Waals surface area contributed by atoms with Crippen molar-refractivity contribution < 1.29 is 14.7 Å². The molecule has 0 saturated heterocycles. The first-order valence-corrected chi connectivity index (χ1v) is 7.56. The summed E-state index contributed by atoms with van der Waals surface area (Å²) in [4.78, 5) is 22.1. The molecule has 2 N–H and O–H groups in total. The van der Waals surface area contributed by atoms with Crippen LogP contribution >= 0.6 is 0 Å². The molecule has 0 aromatic heterocycles. The summed E-state index contributed by atoms with van der Waals surface area (Å²) in [6.07, 6.45) is 8.98. The summed E-state index contributed by atoms with van der Waals surface area (Å²) >= 11 is 0. The summed E-state index contributed by atoms with van der Waals surface area (Å²) in [5.74, 6) is 0.321. The van der Waals surface area contributed by atoms with Gasteiger partial charge in [-0.1, -0.05) is 39.0 Å². The van der Waals surface area contributed by atoms with Crippen molar-refractivity contribution in [2.24, 2.45) is 11.8 Å². The smallest absolute Gasteiger partial charge is 0.303 e. The van der Waals surface area contributed by atoms with Crippen LogP contribution in [0.3, 0.4) is 0 Å². The Morgan fingerprint density at radius 2 is 1.89 bits per heavy atom. The summed E-state index contributed by atoms with van der Waals surface area (Å²) in [6.45, 7) is 2.57. The van der Waals surface area contributed by atoms with Gasteiger partial charge in [0.1, 0.15) is 0 Å². The number of carbonyl (C=O) groups is 2. The molecule has 4 nitrogen and oxygen atoms in total. The number of hydrogen-bond donors (Lipinski definition) is 2. The predicted octanol–water partition coefficient (Wildman–Crippen LogP) is 2.96. The molecule has 1 atom stereocenters. The van der Waals surface area contributed by atoms with Crippen LogP contribution in [0.1, 0.15) is 64.7 Å². The van der Waals surface area contributed by atoms with E-state index in [1.165, 1.54) is 32.1 Å². The van der Waals surface area contributed by atoms with Gasteiger partial charge < -0.3 is 10.4 Å². The quantitative estimate of drug-likeness (QED) is 0.712. The standard InChI is InChI=1S/C15H27NO3/c1-12(7-10-15(18)19)11-16-14(17)9-8-13-5-3-2-4-6-13/h12-13H,2-11H2,1H3,(H,16,17)(H,18,19). The van der Waals surface area contributed by atoms with Crippen molar-refractivity contribution in [2.45, 2.75) is 64.7 Å². The van der Waals surface area contributed by atoms with Gasteiger partial charge in [0, 0.05) is 19.4 Å². The van der Waals surface area contributed by atoms with Crippen molar-refractivity contribution in [1.82, 2.24) is 5.32 Å². The van der Waals surface area contributed by atoms with E-state index in [2.05, 4.69) is 5.32 Å². The normalized spacial score (nSPS) is 17.9. The second-order valence-corrected chi connectivity index (χ2v) is 5.88. The van der Waals surface area contributed by atoms with Gasteiger partial charge >= 0.3 is 5.97 Å². The lowest BCUT2D eigenvalue weighted by molar-refractivity contribution is -0.137. The third kappa shape index (κ3) is 7.85. The van der Waals surface area contributed by atoms with Gasteiger partial charge in [0.25, 0.3) is 0 Å². The molecular formula is C15H27NO3. The number of hydrogen-bond acceptors (Lipinski definition) is 2. The molecule has 1 saturated carbocycles. The maximum atomic E-state index is 11.7. The van der Waals surface area contributed by atoms with Gasteiger partial charge in [-0.15, -0.1) is 0 Å². The monoisotopic (exact) mass is 269 g/mol. The van der Waals surface area contributed by atoms with Crippen LogP contribution in [-0.2, 0) is 9.59 Å². The number of carboxylic acid groups (broad SMARTS) is 1. The topological polar surface area (TPSA) is 66.4 Å². The fourth-order valence-corrected chi connectivity index (χ4v) is 2.66. The first-order valence-electron chi connectivity index (χ1n) is 7.56. The third-order valence-corrected chi connectivity index (χ3v) is 4.00. The van der Waals surface area contributed by atoms with Crippen molar-refractivity contribution >= 4 is 11.9 Å². The fourth-order valence-electron chi connectivity index (χ4n) is 2.66. The van der Waals surface area contributed by atoms with Crippen LogP contribution in [0.5, 0.6) is 0 Å². The van der Waals surface area contributed by atoms with E-state index >= 15 is 0 Å². The number of carboxylic acids is 1. The molecule has 0 radical (unpaired) electrons. The zero-order valence-electron chi connectivity index (χ0n) is 12.0. The number of carbonyl (C=O) groups excluding carboxylic acids is 1. The highest BCUT2D eigenvalue weighted by molar-refractivity contribution is 5.75. The minimum Gasteiger partial charge on any atom is -0.481 e. The summed E-state index contributed by atoms with van der Waals surface area (Å²) in [5.41, 5.74) is 0. The first kappa shape index (κ1) is 16.0. The van der Waals surface area contributed by atoms with Crippen LogP contribution < -0.4 is 5.32 Å². The van der Waals surface area contributed by atoms with Gasteiger partial charge in [-0.2, -0.15) is 0 Å². The number of rotatable bonds is 8. The average Bonchev–Trinajstić information content (AvgIpc) is 2.41. The Balaban J connectivity index is 2.05. The van der Waals surface area contributed by atoms with Gasteiger partial charge in [0.2, 0.25) is 5.91 Å². The van der Waals surface area contributed by atoms with Gasteiger partial charge in [0.05, 0.1) is 0 Å². The maximum absolute atomic E-state index is 11.7. The van der Waals surface area contributed by atoms with Crippen molar-refractivity contribution in [3.8, 4) is 0 Å². The molecule has 1 rings (SSSR count). The fraction of sp³-hybridized carbons (Fsp3) is 0.867. The van der Waals surface area contributed by atoms with Crippen LogP contribution in [0, 0.1) is 11.8 Å². The Bertz CT molecular complexity index is 285. The maximum Gasteiger partial charge on any atom is 0.303 e. The molecular weight excluding hydrogens is 242 g/mol. The molecule has 0 aliphatic heterocycles. The summed E-state index contributed by atoms with van der Waals surface area (Å²) in [5, 5.41) is 11.5. The Morgan fingerprint density at radius 3 is 2.53 bits per heavy atom. The number of aliphatic carboxylic acids is 1. The molecule has 1 aliphatic carbocycles. The first-order chi connectivity index (χ1) is 9.08. The predicted molar refractivity (Wildman–Crippen MR) is 74.9 cm³/mol. The molecule has 0 aromatic rings. The minimum absolute atomic E-state index is 0.118. The van der Waals surface area contributed by atoms with E-state index in [0.717, 1.165) is 12.3 Å². The summed E-state index contributed by atoms with van der Waals surface area (Å²) in [6, 6.07) is 0. The zero-order chi connectivity index (χ0) is 14.1. The lowest BCUT2D eigenvalue weighted by Crippen LogP contribution is -2.28. The second-order valence-electron chi connectivity index (χ2n) is 5.88. The molecule has 110 valence electrons. The van der Waals surface area contributed by atoms with E-state index in [1.807, 2.05) is 6.92 Å².